The van der Waals surface area contributed by atoms with Crippen LogP contribution in [0.4, 0.5) is 5.69 Å². The summed E-state index contributed by atoms with van der Waals surface area (Å²) in [6, 6.07) is 15.3. The second kappa shape index (κ2) is 12.3. The molecular formula is C26H33N5O3. The quantitative estimate of drug-likeness (QED) is 0.327. The predicted octanol–water partition coefficient (Wildman–Crippen LogP) is 2.39. The fourth-order valence-corrected chi connectivity index (χ4v) is 4.21. The summed E-state index contributed by atoms with van der Waals surface area (Å²) < 4.78 is 5.36. The first kappa shape index (κ1) is 23.9. The van der Waals surface area contributed by atoms with Crippen LogP contribution in [0, 0.1) is 0 Å². The van der Waals surface area contributed by atoms with Gasteiger partial charge in [0.2, 0.25) is 5.91 Å². The standard InChI is InChI=1S/C26H33N5O3/c32-25(19-27-11-4-14-31-15-17-34-18-16-31)30-24-7-2-1-6-22(24)26(33)29-12-9-20-5-3-8-23-21(20)10-13-28-23/h1-3,5-8,10,13,27-28H,4,9,11-12,14-19H2,(H,29,33)(H,30,32). The number of aromatic amines is 1. The van der Waals surface area contributed by atoms with Crippen LogP contribution in [0.25, 0.3) is 10.9 Å². The minimum atomic E-state index is -0.199. The minimum absolute atomic E-state index is 0.161. The lowest BCUT2D eigenvalue weighted by molar-refractivity contribution is -0.115. The van der Waals surface area contributed by atoms with E-state index in [0.717, 1.165) is 57.8 Å². The topological polar surface area (TPSA) is 98.5 Å². The van der Waals surface area contributed by atoms with E-state index in [9.17, 15) is 9.59 Å². The van der Waals surface area contributed by atoms with Crippen LogP contribution < -0.4 is 16.0 Å². The number of rotatable bonds is 11. The Balaban J connectivity index is 1.21. The molecule has 0 saturated carbocycles. The van der Waals surface area contributed by atoms with E-state index in [4.69, 9.17) is 4.74 Å². The number of nitrogens with one attached hydrogen (secondary N) is 4. The summed E-state index contributed by atoms with van der Waals surface area (Å²) in [5.41, 5.74) is 3.25. The largest absolute Gasteiger partial charge is 0.379 e. The molecule has 0 radical (unpaired) electrons. The molecule has 1 aliphatic rings. The Morgan fingerprint density at radius 3 is 2.74 bits per heavy atom. The Morgan fingerprint density at radius 1 is 1.00 bits per heavy atom. The average molecular weight is 464 g/mol. The minimum Gasteiger partial charge on any atom is -0.379 e. The molecular weight excluding hydrogens is 430 g/mol. The Labute approximate surface area is 200 Å². The predicted molar refractivity (Wildman–Crippen MR) is 134 cm³/mol. The van der Waals surface area contributed by atoms with Crippen molar-refractivity contribution in [1.82, 2.24) is 20.5 Å². The lowest BCUT2D eigenvalue weighted by atomic mass is 10.1. The summed E-state index contributed by atoms with van der Waals surface area (Å²) in [5.74, 6) is -0.360. The van der Waals surface area contributed by atoms with E-state index in [-0.39, 0.29) is 18.4 Å². The zero-order valence-corrected chi connectivity index (χ0v) is 19.4. The molecule has 2 amide bonds. The number of benzene rings is 2. The molecule has 2 heterocycles. The maximum atomic E-state index is 12.8. The van der Waals surface area contributed by atoms with Gasteiger partial charge < -0.3 is 25.7 Å². The van der Waals surface area contributed by atoms with Gasteiger partial charge in [-0.25, -0.2) is 0 Å². The number of morpholine rings is 1. The van der Waals surface area contributed by atoms with Crippen molar-refractivity contribution in [3.63, 3.8) is 0 Å². The molecule has 2 aromatic carbocycles. The van der Waals surface area contributed by atoms with Crippen molar-refractivity contribution in [2.75, 3.05) is 57.8 Å². The first-order valence-electron chi connectivity index (χ1n) is 11.9. The highest BCUT2D eigenvalue weighted by atomic mass is 16.5. The lowest BCUT2D eigenvalue weighted by Gasteiger charge is -2.26. The van der Waals surface area contributed by atoms with Gasteiger partial charge in [-0.1, -0.05) is 24.3 Å². The Hall–Kier alpha value is -3.20. The normalized spacial score (nSPS) is 14.2. The number of hydrogen-bond donors (Lipinski definition) is 4. The highest BCUT2D eigenvalue weighted by molar-refractivity contribution is 6.04. The summed E-state index contributed by atoms with van der Waals surface area (Å²) in [6.07, 6.45) is 3.62. The molecule has 8 nitrogen and oxygen atoms in total. The maximum Gasteiger partial charge on any atom is 0.253 e. The first-order valence-corrected chi connectivity index (χ1v) is 11.9. The third-order valence-electron chi connectivity index (χ3n) is 6.03. The van der Waals surface area contributed by atoms with E-state index in [1.807, 2.05) is 30.5 Å². The van der Waals surface area contributed by atoms with Crippen molar-refractivity contribution in [2.24, 2.45) is 0 Å². The lowest BCUT2D eigenvalue weighted by Crippen LogP contribution is -2.38. The fourth-order valence-electron chi connectivity index (χ4n) is 4.21. The van der Waals surface area contributed by atoms with E-state index >= 15 is 0 Å². The molecule has 8 heteroatoms. The SMILES string of the molecule is O=C(CNCCCN1CCOCC1)Nc1ccccc1C(=O)NCCc1cccc2[nH]ccc12. The number of para-hydroxylation sites is 1. The van der Waals surface area contributed by atoms with Crippen LogP contribution in [0.5, 0.6) is 0 Å². The van der Waals surface area contributed by atoms with Crippen molar-refractivity contribution in [2.45, 2.75) is 12.8 Å². The number of anilines is 1. The molecule has 4 rings (SSSR count). The Kier molecular flexibility index (Phi) is 8.67. The molecule has 1 saturated heterocycles. The second-order valence-corrected chi connectivity index (χ2v) is 8.44. The van der Waals surface area contributed by atoms with Crippen LogP contribution in [-0.4, -0.2) is 74.2 Å². The summed E-state index contributed by atoms with van der Waals surface area (Å²) in [5, 5.41) is 10.2. The van der Waals surface area contributed by atoms with E-state index in [0.29, 0.717) is 17.8 Å². The summed E-state index contributed by atoms with van der Waals surface area (Å²) in [7, 11) is 0. The number of hydrogen-bond acceptors (Lipinski definition) is 5. The molecule has 0 unspecified atom stereocenters. The van der Waals surface area contributed by atoms with E-state index in [2.05, 4.69) is 31.9 Å². The Morgan fingerprint density at radius 2 is 1.85 bits per heavy atom. The third kappa shape index (κ3) is 6.66. The number of carbonyl (C=O) groups is 2. The third-order valence-corrected chi connectivity index (χ3v) is 6.03. The smallest absolute Gasteiger partial charge is 0.253 e. The zero-order chi connectivity index (χ0) is 23.6. The van der Waals surface area contributed by atoms with Crippen molar-refractivity contribution < 1.29 is 14.3 Å². The Bertz CT molecular complexity index is 1090. The van der Waals surface area contributed by atoms with Gasteiger partial charge in [-0.15, -0.1) is 0 Å². The summed E-state index contributed by atoms with van der Waals surface area (Å²) >= 11 is 0. The van der Waals surface area contributed by atoms with Crippen molar-refractivity contribution >= 4 is 28.4 Å². The molecule has 0 bridgehead atoms. The zero-order valence-electron chi connectivity index (χ0n) is 19.4. The average Bonchev–Trinajstić information content (AvgIpc) is 3.35. The fraction of sp³-hybridized carbons (Fsp3) is 0.385. The van der Waals surface area contributed by atoms with E-state index in [1.165, 1.54) is 10.9 Å². The number of carbonyl (C=O) groups excluding carboxylic acids is 2. The van der Waals surface area contributed by atoms with Crippen LogP contribution in [0.15, 0.2) is 54.7 Å². The van der Waals surface area contributed by atoms with Gasteiger partial charge in [-0.2, -0.15) is 0 Å². The van der Waals surface area contributed by atoms with Crippen LogP contribution in [0.2, 0.25) is 0 Å². The van der Waals surface area contributed by atoms with E-state index < -0.39 is 0 Å². The maximum absolute atomic E-state index is 12.8. The van der Waals surface area contributed by atoms with E-state index in [1.54, 1.807) is 18.2 Å². The number of fused-ring (bicyclic) bond motifs is 1. The molecule has 34 heavy (non-hydrogen) atoms. The molecule has 4 N–H and O–H groups in total. The van der Waals surface area contributed by atoms with Gasteiger partial charge in [0.15, 0.2) is 0 Å². The number of H-pyrrole nitrogens is 1. The molecule has 0 spiro atoms. The highest BCUT2D eigenvalue weighted by Gasteiger charge is 2.13. The monoisotopic (exact) mass is 463 g/mol. The summed E-state index contributed by atoms with van der Waals surface area (Å²) in [6.45, 7) is 6.02. The summed E-state index contributed by atoms with van der Waals surface area (Å²) in [4.78, 5) is 30.8. The van der Waals surface area contributed by atoms with Crippen molar-refractivity contribution in [3.8, 4) is 0 Å². The molecule has 1 aliphatic heterocycles. The molecule has 0 atom stereocenters. The number of nitrogens with zero attached hydrogens (tertiary/aromatic N) is 1. The van der Waals surface area contributed by atoms with Gasteiger partial charge in [0.05, 0.1) is 31.0 Å². The van der Waals surface area contributed by atoms with Crippen molar-refractivity contribution in [3.05, 3.63) is 65.9 Å². The van der Waals surface area contributed by atoms with Crippen LogP contribution >= 0.6 is 0 Å². The first-order chi connectivity index (χ1) is 16.7. The molecule has 3 aromatic rings. The van der Waals surface area contributed by atoms with Gasteiger partial charge >= 0.3 is 0 Å². The van der Waals surface area contributed by atoms with Gasteiger partial charge in [-0.3, -0.25) is 14.5 Å². The molecule has 180 valence electrons. The van der Waals surface area contributed by atoms with Crippen LogP contribution in [-0.2, 0) is 16.0 Å². The van der Waals surface area contributed by atoms with Crippen LogP contribution in [0.3, 0.4) is 0 Å². The van der Waals surface area contributed by atoms with Gasteiger partial charge in [-0.05, 0) is 55.8 Å². The van der Waals surface area contributed by atoms with Gasteiger partial charge in [0.25, 0.3) is 5.91 Å². The second-order valence-electron chi connectivity index (χ2n) is 8.44. The molecule has 1 fully saturated rings. The van der Waals surface area contributed by atoms with Crippen LogP contribution in [0.1, 0.15) is 22.3 Å². The number of aromatic nitrogens is 1. The number of amides is 2. The highest BCUT2D eigenvalue weighted by Crippen LogP contribution is 2.18. The molecule has 0 aliphatic carbocycles. The van der Waals surface area contributed by atoms with Gasteiger partial charge in [0, 0.05) is 36.7 Å². The van der Waals surface area contributed by atoms with Crippen molar-refractivity contribution in [1.29, 1.82) is 0 Å². The number of ether oxygens (including phenoxy) is 1. The molecule has 1 aromatic heterocycles. The van der Waals surface area contributed by atoms with Gasteiger partial charge in [0.1, 0.15) is 0 Å².